The first-order valence-electron chi connectivity index (χ1n) is 6.29. The number of aromatic nitrogens is 1. The van der Waals surface area contributed by atoms with Crippen molar-refractivity contribution in [3.8, 4) is 0 Å². The monoisotopic (exact) mass is 301 g/mol. The van der Waals surface area contributed by atoms with E-state index in [2.05, 4.69) is 4.98 Å². The van der Waals surface area contributed by atoms with E-state index in [4.69, 9.17) is 5.73 Å². The highest BCUT2D eigenvalue weighted by atomic mass is 32.2. The van der Waals surface area contributed by atoms with E-state index in [1.54, 1.807) is 31.1 Å². The predicted octanol–water partition coefficient (Wildman–Crippen LogP) is 0.854. The molecule has 1 fully saturated rings. The average molecular weight is 301 g/mol. The van der Waals surface area contributed by atoms with E-state index < -0.39 is 15.2 Å². The molecule has 0 aromatic carbocycles. The highest BCUT2D eigenvalue weighted by molar-refractivity contribution is 8.01. The van der Waals surface area contributed by atoms with E-state index >= 15 is 0 Å². The summed E-state index contributed by atoms with van der Waals surface area (Å²) in [4.78, 5) is 6.06. The molecule has 0 saturated carbocycles. The van der Waals surface area contributed by atoms with Gasteiger partial charge in [0.25, 0.3) is 0 Å². The van der Waals surface area contributed by atoms with Crippen LogP contribution < -0.4 is 10.6 Å². The summed E-state index contributed by atoms with van der Waals surface area (Å²) >= 11 is 1.68. The highest BCUT2D eigenvalue weighted by Crippen LogP contribution is 2.29. The van der Waals surface area contributed by atoms with Crippen LogP contribution >= 0.6 is 11.8 Å². The van der Waals surface area contributed by atoms with E-state index in [-0.39, 0.29) is 5.75 Å². The molecule has 0 radical (unpaired) electrons. The smallest absolute Gasteiger partial charge is 0.171 e. The molecule has 0 aliphatic carbocycles. The predicted molar refractivity (Wildman–Crippen MR) is 80.0 cm³/mol. The fraction of sp³-hybridized carbons (Fsp3) is 0.583. The lowest BCUT2D eigenvalue weighted by Crippen LogP contribution is -2.48. The Labute approximate surface area is 118 Å². The third-order valence-corrected chi connectivity index (χ3v) is 6.61. The van der Waals surface area contributed by atoms with Gasteiger partial charge in [0.15, 0.2) is 9.84 Å². The molecule has 2 N–H and O–H groups in total. The van der Waals surface area contributed by atoms with Crippen molar-refractivity contribution in [1.29, 1.82) is 0 Å². The van der Waals surface area contributed by atoms with Crippen LogP contribution in [0.1, 0.15) is 12.5 Å². The summed E-state index contributed by atoms with van der Waals surface area (Å²) in [6.07, 6.45) is 3.41. The molecular formula is C12H19N3O2S2. The summed E-state index contributed by atoms with van der Waals surface area (Å²) in [5.41, 5.74) is 7.53. The number of nitrogens with zero attached hydrogens (tertiary/aromatic N) is 2. The Morgan fingerprint density at radius 1 is 1.58 bits per heavy atom. The second-order valence-electron chi connectivity index (χ2n) is 4.38. The van der Waals surface area contributed by atoms with Gasteiger partial charge >= 0.3 is 0 Å². The molecule has 1 aromatic heterocycles. The zero-order valence-electron chi connectivity index (χ0n) is 10.9. The zero-order chi connectivity index (χ0) is 13.9. The van der Waals surface area contributed by atoms with Gasteiger partial charge in [0.2, 0.25) is 0 Å². The van der Waals surface area contributed by atoms with Gasteiger partial charge in [-0.1, -0.05) is 6.92 Å². The molecule has 1 aliphatic heterocycles. The molecule has 106 valence electrons. The van der Waals surface area contributed by atoms with E-state index in [0.29, 0.717) is 18.8 Å². The summed E-state index contributed by atoms with van der Waals surface area (Å²) in [6.45, 7) is 2.80. The summed E-state index contributed by atoms with van der Waals surface area (Å²) in [6, 6.07) is 1.85. The second kappa shape index (κ2) is 6.11. The van der Waals surface area contributed by atoms with E-state index in [9.17, 15) is 8.42 Å². The van der Waals surface area contributed by atoms with Crippen LogP contribution in [0.3, 0.4) is 0 Å². The van der Waals surface area contributed by atoms with Crippen LogP contribution in [0.4, 0.5) is 5.69 Å². The first kappa shape index (κ1) is 14.6. The summed E-state index contributed by atoms with van der Waals surface area (Å²) in [5.74, 6) is 1.69. The summed E-state index contributed by atoms with van der Waals surface area (Å²) < 4.78 is 24.5. The molecule has 1 unspecified atom stereocenters. The second-order valence-corrected chi connectivity index (χ2v) is 7.98. The van der Waals surface area contributed by atoms with Crippen molar-refractivity contribution in [3.63, 3.8) is 0 Å². The Morgan fingerprint density at radius 3 is 3.05 bits per heavy atom. The van der Waals surface area contributed by atoms with Crippen LogP contribution in [0, 0.1) is 0 Å². The van der Waals surface area contributed by atoms with Gasteiger partial charge in [-0.2, -0.15) is 11.8 Å². The third-order valence-electron chi connectivity index (χ3n) is 3.32. The minimum Gasteiger partial charge on any atom is -0.352 e. The third kappa shape index (κ3) is 3.04. The lowest BCUT2D eigenvalue weighted by Gasteiger charge is -2.37. The van der Waals surface area contributed by atoms with Gasteiger partial charge in [-0.15, -0.1) is 0 Å². The van der Waals surface area contributed by atoms with Crippen LogP contribution in [0.25, 0.3) is 0 Å². The van der Waals surface area contributed by atoms with Crippen LogP contribution in [0.5, 0.6) is 0 Å². The number of pyridine rings is 1. The van der Waals surface area contributed by atoms with Gasteiger partial charge in [-0.25, -0.2) is 8.42 Å². The Morgan fingerprint density at radius 2 is 2.37 bits per heavy atom. The topological polar surface area (TPSA) is 76.3 Å². The van der Waals surface area contributed by atoms with Crippen molar-refractivity contribution in [1.82, 2.24) is 4.98 Å². The Kier molecular flexibility index (Phi) is 4.70. The maximum Gasteiger partial charge on any atom is 0.171 e. The van der Waals surface area contributed by atoms with Crippen LogP contribution in [0.15, 0.2) is 18.5 Å². The molecule has 0 amide bonds. The Balaban J connectivity index is 2.40. The van der Waals surface area contributed by atoms with Crippen LogP contribution in [-0.4, -0.2) is 42.6 Å². The Hall–Kier alpha value is -0.790. The minimum atomic E-state index is -3.11. The van der Waals surface area contributed by atoms with Gasteiger partial charge in [-0.3, -0.25) is 4.98 Å². The van der Waals surface area contributed by atoms with Crippen molar-refractivity contribution >= 4 is 27.3 Å². The average Bonchev–Trinajstić information content (AvgIpc) is 2.47. The number of thioether (sulfide) groups is 1. The molecule has 1 aromatic rings. The number of nitrogens with two attached hydrogens (primary N) is 1. The lowest BCUT2D eigenvalue weighted by molar-refractivity contribution is 0.579. The molecule has 7 heteroatoms. The molecule has 0 bridgehead atoms. The zero-order valence-corrected chi connectivity index (χ0v) is 12.6. The summed E-state index contributed by atoms with van der Waals surface area (Å²) in [7, 11) is -3.11. The number of anilines is 1. The number of rotatable bonds is 4. The highest BCUT2D eigenvalue weighted by Gasteiger charge is 2.33. The van der Waals surface area contributed by atoms with Gasteiger partial charge in [0, 0.05) is 36.5 Å². The van der Waals surface area contributed by atoms with E-state index in [1.807, 2.05) is 11.0 Å². The van der Waals surface area contributed by atoms with Gasteiger partial charge in [-0.05, 0) is 11.6 Å². The standard InChI is InChI=1S/C12H19N3O2S2/c1-2-19(16,17)12-9-18-6-5-15(12)11-8-14-4-3-10(11)7-13/h3-4,8,12H,2,5-7,9,13H2,1H3. The maximum atomic E-state index is 12.2. The number of sulfone groups is 1. The maximum absolute atomic E-state index is 12.2. The molecule has 2 heterocycles. The lowest BCUT2D eigenvalue weighted by atomic mass is 10.2. The molecule has 2 rings (SSSR count). The molecule has 5 nitrogen and oxygen atoms in total. The first-order chi connectivity index (χ1) is 9.10. The molecule has 1 aliphatic rings. The quantitative estimate of drug-likeness (QED) is 0.888. The SMILES string of the molecule is CCS(=O)(=O)C1CSCCN1c1cnccc1CN. The molecule has 19 heavy (non-hydrogen) atoms. The fourth-order valence-corrected chi connectivity index (χ4v) is 5.18. The molecular weight excluding hydrogens is 282 g/mol. The normalized spacial score (nSPS) is 20.5. The first-order valence-corrected chi connectivity index (χ1v) is 9.16. The van der Waals surface area contributed by atoms with Crippen molar-refractivity contribution in [2.75, 3.05) is 28.7 Å². The van der Waals surface area contributed by atoms with E-state index in [1.165, 1.54) is 0 Å². The number of hydrogen-bond donors (Lipinski definition) is 1. The summed E-state index contributed by atoms with van der Waals surface area (Å²) in [5, 5.41) is -0.467. The van der Waals surface area contributed by atoms with Gasteiger partial charge in [0.1, 0.15) is 5.37 Å². The number of hydrogen-bond acceptors (Lipinski definition) is 6. The largest absolute Gasteiger partial charge is 0.352 e. The fourth-order valence-electron chi connectivity index (χ4n) is 2.19. The van der Waals surface area contributed by atoms with Crippen molar-refractivity contribution in [3.05, 3.63) is 24.0 Å². The van der Waals surface area contributed by atoms with Crippen molar-refractivity contribution < 1.29 is 8.42 Å². The minimum absolute atomic E-state index is 0.160. The van der Waals surface area contributed by atoms with Gasteiger partial charge in [0.05, 0.1) is 11.9 Å². The van der Waals surface area contributed by atoms with Gasteiger partial charge < -0.3 is 10.6 Å². The Bertz CT molecular complexity index is 534. The van der Waals surface area contributed by atoms with Crippen LogP contribution in [-0.2, 0) is 16.4 Å². The molecule has 1 atom stereocenters. The molecule has 1 saturated heterocycles. The van der Waals surface area contributed by atoms with Crippen LogP contribution in [0.2, 0.25) is 0 Å². The van der Waals surface area contributed by atoms with E-state index in [0.717, 1.165) is 17.0 Å². The molecule has 0 spiro atoms. The van der Waals surface area contributed by atoms with Crippen molar-refractivity contribution in [2.24, 2.45) is 5.73 Å². The van der Waals surface area contributed by atoms with Crippen molar-refractivity contribution in [2.45, 2.75) is 18.8 Å².